The predicted octanol–water partition coefficient (Wildman–Crippen LogP) is 2.74. The van der Waals surface area contributed by atoms with Gasteiger partial charge in [-0.2, -0.15) is 0 Å². The van der Waals surface area contributed by atoms with E-state index in [0.717, 1.165) is 12.1 Å². The highest BCUT2D eigenvalue weighted by Gasteiger charge is 2.41. The number of amides is 2. The molecule has 1 aromatic rings. The molecule has 30 heavy (non-hydrogen) atoms. The SMILES string of the molecule is CC(C)(C)OC(=O)NC(C)(C)C(=O)N[C@](C)(COCc1c(F)cccc1F)C(=O)O. The molecule has 0 saturated heterocycles. The van der Waals surface area contributed by atoms with E-state index in [-0.39, 0.29) is 5.56 Å². The molecule has 1 atom stereocenters. The highest BCUT2D eigenvalue weighted by atomic mass is 19.1. The molecule has 10 heteroatoms. The maximum atomic E-state index is 13.7. The van der Waals surface area contributed by atoms with E-state index >= 15 is 0 Å². The van der Waals surface area contributed by atoms with E-state index in [1.54, 1.807) is 20.8 Å². The van der Waals surface area contributed by atoms with Gasteiger partial charge in [-0.1, -0.05) is 6.07 Å². The Morgan fingerprint density at radius 1 is 1.00 bits per heavy atom. The number of carboxylic acids is 1. The molecule has 0 heterocycles. The normalized spacial score (nSPS) is 13.9. The average molecular weight is 430 g/mol. The third-order valence-electron chi connectivity index (χ3n) is 3.94. The van der Waals surface area contributed by atoms with E-state index in [0.29, 0.717) is 0 Å². The number of rotatable bonds is 8. The smallest absolute Gasteiger partial charge is 0.408 e. The van der Waals surface area contributed by atoms with Crippen molar-refractivity contribution in [3.8, 4) is 0 Å². The van der Waals surface area contributed by atoms with Gasteiger partial charge in [-0.3, -0.25) is 4.79 Å². The third kappa shape index (κ3) is 7.25. The van der Waals surface area contributed by atoms with Crippen LogP contribution in [-0.2, 0) is 25.7 Å². The first kappa shape index (κ1) is 25.3. The molecule has 0 saturated carbocycles. The van der Waals surface area contributed by atoms with Crippen molar-refractivity contribution in [1.82, 2.24) is 10.6 Å². The minimum atomic E-state index is -1.92. The van der Waals surface area contributed by atoms with Gasteiger partial charge in [-0.25, -0.2) is 18.4 Å². The maximum absolute atomic E-state index is 13.7. The Hall–Kier alpha value is -2.75. The molecule has 0 bridgehead atoms. The number of nitrogens with one attached hydrogen (secondary N) is 2. The summed E-state index contributed by atoms with van der Waals surface area (Å²) in [7, 11) is 0. The third-order valence-corrected chi connectivity index (χ3v) is 3.94. The van der Waals surface area contributed by atoms with Gasteiger partial charge >= 0.3 is 12.1 Å². The molecule has 8 nitrogen and oxygen atoms in total. The van der Waals surface area contributed by atoms with Crippen LogP contribution < -0.4 is 10.6 Å². The number of hydrogen-bond acceptors (Lipinski definition) is 5. The number of halogens is 2. The van der Waals surface area contributed by atoms with E-state index < -0.39 is 59.5 Å². The molecule has 0 unspecified atom stereocenters. The molecular weight excluding hydrogens is 402 g/mol. The second-order valence-electron chi connectivity index (χ2n) is 8.54. The summed E-state index contributed by atoms with van der Waals surface area (Å²) in [6.07, 6.45) is -0.856. The van der Waals surface area contributed by atoms with Crippen molar-refractivity contribution in [3.05, 3.63) is 35.4 Å². The summed E-state index contributed by atoms with van der Waals surface area (Å²) >= 11 is 0. The van der Waals surface area contributed by atoms with Crippen molar-refractivity contribution in [1.29, 1.82) is 0 Å². The fourth-order valence-corrected chi connectivity index (χ4v) is 2.20. The van der Waals surface area contributed by atoms with Gasteiger partial charge in [0.2, 0.25) is 5.91 Å². The number of benzene rings is 1. The molecule has 0 radical (unpaired) electrons. The highest BCUT2D eigenvalue weighted by molar-refractivity contribution is 5.93. The quantitative estimate of drug-likeness (QED) is 0.584. The zero-order chi connectivity index (χ0) is 23.3. The molecule has 2 amide bonds. The van der Waals surface area contributed by atoms with Crippen molar-refractivity contribution < 1.29 is 37.7 Å². The molecule has 0 aliphatic rings. The van der Waals surface area contributed by atoms with Crippen molar-refractivity contribution >= 4 is 18.0 Å². The first-order valence-electron chi connectivity index (χ1n) is 9.15. The lowest BCUT2D eigenvalue weighted by molar-refractivity contribution is -0.151. The Kier molecular flexibility index (Phi) is 7.90. The number of carbonyl (C=O) groups is 3. The lowest BCUT2D eigenvalue weighted by Crippen LogP contribution is -2.63. The predicted molar refractivity (Wildman–Crippen MR) is 104 cm³/mol. The summed E-state index contributed by atoms with van der Waals surface area (Å²) in [6.45, 7) is 7.74. The summed E-state index contributed by atoms with van der Waals surface area (Å²) in [6, 6.07) is 3.28. The van der Waals surface area contributed by atoms with Gasteiger partial charge in [0, 0.05) is 5.56 Å². The van der Waals surface area contributed by atoms with Crippen LogP contribution in [0, 0.1) is 11.6 Å². The molecule has 0 spiro atoms. The standard InChI is InChI=1S/C20H28F2N2O6/c1-18(2,3)30-17(28)24-19(4,5)15(25)23-20(6,16(26)27)11-29-10-12-13(21)8-7-9-14(12)22/h7-9H,10-11H2,1-6H3,(H,23,25)(H,24,28)(H,26,27)/t20-/m1/s1. The molecule has 0 aliphatic heterocycles. The second-order valence-corrected chi connectivity index (χ2v) is 8.54. The zero-order valence-corrected chi connectivity index (χ0v) is 17.9. The topological polar surface area (TPSA) is 114 Å². The molecule has 0 aliphatic carbocycles. The largest absolute Gasteiger partial charge is 0.479 e. The molecule has 1 aromatic carbocycles. The van der Waals surface area contributed by atoms with Crippen LogP contribution in [-0.4, -0.2) is 46.4 Å². The summed E-state index contributed by atoms with van der Waals surface area (Å²) in [5, 5.41) is 14.2. The fraction of sp³-hybridized carbons (Fsp3) is 0.550. The summed E-state index contributed by atoms with van der Waals surface area (Å²) in [5.74, 6) is -3.92. The van der Waals surface area contributed by atoms with Gasteiger partial charge in [0.25, 0.3) is 0 Å². The van der Waals surface area contributed by atoms with Gasteiger partial charge in [0.15, 0.2) is 5.54 Å². The molecule has 3 N–H and O–H groups in total. The van der Waals surface area contributed by atoms with Crippen molar-refractivity contribution in [2.24, 2.45) is 0 Å². The summed E-state index contributed by atoms with van der Waals surface area (Å²) in [4.78, 5) is 36.3. The fourth-order valence-electron chi connectivity index (χ4n) is 2.20. The Labute approximate surface area is 173 Å². The Morgan fingerprint density at radius 2 is 1.53 bits per heavy atom. The number of aliphatic carboxylic acids is 1. The van der Waals surface area contributed by atoms with Crippen molar-refractivity contribution in [2.75, 3.05) is 6.61 Å². The Bertz CT molecular complexity index is 787. The van der Waals surface area contributed by atoms with Gasteiger partial charge < -0.3 is 25.2 Å². The first-order valence-corrected chi connectivity index (χ1v) is 9.15. The van der Waals surface area contributed by atoms with Gasteiger partial charge in [0.1, 0.15) is 22.8 Å². The van der Waals surface area contributed by atoms with Crippen LogP contribution in [0.25, 0.3) is 0 Å². The molecule has 1 rings (SSSR count). The summed E-state index contributed by atoms with van der Waals surface area (Å²) < 4.78 is 37.6. The molecule has 0 fully saturated rings. The van der Waals surface area contributed by atoms with Crippen molar-refractivity contribution in [2.45, 2.75) is 64.8 Å². The van der Waals surface area contributed by atoms with E-state index in [2.05, 4.69) is 10.6 Å². The average Bonchev–Trinajstić information content (AvgIpc) is 2.55. The minimum Gasteiger partial charge on any atom is -0.479 e. The minimum absolute atomic E-state index is 0.358. The van der Waals surface area contributed by atoms with Gasteiger partial charge in [0.05, 0.1) is 13.2 Å². The monoisotopic (exact) mass is 430 g/mol. The lowest BCUT2D eigenvalue weighted by Gasteiger charge is -2.32. The van der Waals surface area contributed by atoms with Crippen molar-refractivity contribution in [3.63, 3.8) is 0 Å². The molecule has 0 aromatic heterocycles. The number of carbonyl (C=O) groups excluding carboxylic acids is 2. The van der Waals surface area contributed by atoms with Gasteiger partial charge in [-0.05, 0) is 53.7 Å². The number of carboxylic acid groups (broad SMARTS) is 1. The number of ether oxygens (including phenoxy) is 2. The second kappa shape index (κ2) is 9.38. The van der Waals surface area contributed by atoms with Gasteiger partial charge in [-0.15, -0.1) is 0 Å². The van der Waals surface area contributed by atoms with E-state index in [9.17, 15) is 28.3 Å². The van der Waals surface area contributed by atoms with E-state index in [1.807, 2.05) is 0 Å². The Balaban J connectivity index is 2.82. The van der Waals surface area contributed by atoms with E-state index in [4.69, 9.17) is 9.47 Å². The Morgan fingerprint density at radius 3 is 2.00 bits per heavy atom. The van der Waals surface area contributed by atoms with Crippen LogP contribution in [0.2, 0.25) is 0 Å². The van der Waals surface area contributed by atoms with Crippen LogP contribution in [0.5, 0.6) is 0 Å². The van der Waals surface area contributed by atoms with E-state index in [1.165, 1.54) is 26.8 Å². The number of hydrogen-bond donors (Lipinski definition) is 3. The van der Waals surface area contributed by atoms with Crippen LogP contribution in [0.15, 0.2) is 18.2 Å². The van der Waals surface area contributed by atoms with Crippen LogP contribution in [0.4, 0.5) is 13.6 Å². The molecule has 168 valence electrons. The summed E-state index contributed by atoms with van der Waals surface area (Å²) in [5.41, 5.74) is -4.59. The zero-order valence-electron chi connectivity index (χ0n) is 17.9. The van der Waals surface area contributed by atoms with Crippen LogP contribution >= 0.6 is 0 Å². The van der Waals surface area contributed by atoms with Crippen LogP contribution in [0.3, 0.4) is 0 Å². The maximum Gasteiger partial charge on any atom is 0.408 e. The van der Waals surface area contributed by atoms with Crippen LogP contribution in [0.1, 0.15) is 47.1 Å². The first-order chi connectivity index (χ1) is 13.6. The molecular formula is C20H28F2N2O6. The lowest BCUT2D eigenvalue weighted by atomic mass is 9.99. The number of alkyl carbamates (subject to hydrolysis) is 1. The highest BCUT2D eigenvalue weighted by Crippen LogP contribution is 2.16.